The number of rotatable bonds is 12. The van der Waals surface area contributed by atoms with Crippen molar-refractivity contribution in [1.82, 2.24) is 0 Å². The summed E-state index contributed by atoms with van der Waals surface area (Å²) in [5.74, 6) is -1.72. The Kier molecular flexibility index (Phi) is 13.0. The summed E-state index contributed by atoms with van der Waals surface area (Å²) < 4.78 is 106. The van der Waals surface area contributed by atoms with Crippen molar-refractivity contribution in [1.29, 1.82) is 0 Å². The van der Waals surface area contributed by atoms with Crippen LogP contribution in [0.3, 0.4) is 0 Å². The number of nitrogen functional groups attached to an aromatic ring is 4. The molecule has 0 bridgehead atoms. The number of nitrogens with zero attached hydrogens (tertiary/aromatic N) is 8. The first-order chi connectivity index (χ1) is 33.8. The smallest absolute Gasteiger partial charge is 0.296 e. The van der Waals surface area contributed by atoms with Gasteiger partial charge in [0, 0.05) is 22.1 Å². The van der Waals surface area contributed by atoms with E-state index in [-0.39, 0.29) is 44.3 Å². The molecule has 0 radical (unpaired) electrons. The first-order valence-corrected chi connectivity index (χ1v) is 24.9. The van der Waals surface area contributed by atoms with Crippen LogP contribution in [0.5, 0.6) is 11.5 Å². The largest absolute Gasteiger partial charge is 0.505 e. The van der Waals surface area contributed by atoms with Gasteiger partial charge in [-0.15, -0.1) is 25.6 Å². The minimum atomic E-state index is -5.24. The van der Waals surface area contributed by atoms with Crippen LogP contribution < -0.4 is 22.9 Å². The molecule has 13 N–H and O–H groups in total. The number of fused-ring (bicyclic) bond motifs is 2. The number of anilines is 4. The molecule has 0 unspecified atom stereocenters. The van der Waals surface area contributed by atoms with Crippen LogP contribution in [0.25, 0.3) is 32.7 Å². The van der Waals surface area contributed by atoms with Gasteiger partial charge >= 0.3 is 0 Å². The number of benzene rings is 8. The van der Waals surface area contributed by atoms with Gasteiger partial charge in [0.25, 0.3) is 30.4 Å². The van der Waals surface area contributed by atoms with Crippen LogP contribution in [-0.2, 0) is 30.4 Å². The third-order valence-corrected chi connectivity index (χ3v) is 13.5. The van der Waals surface area contributed by atoms with E-state index in [1.54, 1.807) is 43.3 Å². The molecule has 0 aliphatic carbocycles. The maximum absolute atomic E-state index is 12.6. The molecule has 0 heterocycles. The quantitative estimate of drug-likeness (QED) is 0.0312. The van der Waals surface area contributed by atoms with Crippen molar-refractivity contribution in [2.75, 3.05) is 22.9 Å². The maximum Gasteiger partial charge on any atom is 0.296 e. The number of aromatic hydroxyl groups is 2. The van der Waals surface area contributed by atoms with Gasteiger partial charge in [0.1, 0.15) is 43.1 Å². The van der Waals surface area contributed by atoms with Gasteiger partial charge in [-0.3, -0.25) is 13.7 Å². The molecule has 8 aromatic carbocycles. The highest BCUT2D eigenvalue weighted by Gasteiger charge is 2.26. The predicted octanol–water partition coefficient (Wildman–Crippen LogP) is 11.4. The van der Waals surface area contributed by atoms with E-state index in [2.05, 4.69) is 40.9 Å². The van der Waals surface area contributed by atoms with E-state index in [4.69, 9.17) is 22.9 Å². The van der Waals surface area contributed by atoms with E-state index in [0.717, 1.165) is 41.0 Å². The summed E-state index contributed by atoms with van der Waals surface area (Å²) in [4.78, 5) is -2.69. The lowest BCUT2D eigenvalue weighted by molar-refractivity contribution is 0.471. The third-order valence-electron chi connectivity index (χ3n) is 10.9. The van der Waals surface area contributed by atoms with Crippen molar-refractivity contribution in [3.63, 3.8) is 0 Å². The molecule has 0 aliphatic rings. The van der Waals surface area contributed by atoms with Gasteiger partial charge in [0.05, 0.1) is 28.4 Å². The first kappa shape index (κ1) is 49.6. The molecular weight excluding hydrogens is 993 g/mol. The summed E-state index contributed by atoms with van der Waals surface area (Å²) in [6, 6.07) is 27.0. The Morgan fingerprint density at radius 3 is 1.26 bits per heavy atom. The lowest BCUT2D eigenvalue weighted by Gasteiger charge is -2.11. The Balaban J connectivity index is 1.13. The third kappa shape index (κ3) is 10.4. The molecular formula is C46H38N12O11S3. The number of nitrogens with two attached hydrogens (primary N) is 4. The van der Waals surface area contributed by atoms with Crippen molar-refractivity contribution < 1.29 is 49.1 Å². The van der Waals surface area contributed by atoms with Crippen molar-refractivity contribution in [3.05, 3.63) is 126 Å². The van der Waals surface area contributed by atoms with Gasteiger partial charge in [-0.05, 0) is 144 Å². The van der Waals surface area contributed by atoms with Crippen LogP contribution >= 0.6 is 0 Å². The van der Waals surface area contributed by atoms with Crippen LogP contribution in [0.15, 0.2) is 171 Å². The van der Waals surface area contributed by atoms with Crippen LogP contribution in [0, 0.1) is 13.8 Å². The molecule has 0 atom stereocenters. The first-order valence-electron chi connectivity index (χ1n) is 20.6. The van der Waals surface area contributed by atoms with Gasteiger partial charge < -0.3 is 33.1 Å². The molecule has 0 fully saturated rings. The van der Waals surface area contributed by atoms with Gasteiger partial charge in [-0.1, -0.05) is 18.2 Å². The maximum atomic E-state index is 12.6. The summed E-state index contributed by atoms with van der Waals surface area (Å²) >= 11 is 0. The van der Waals surface area contributed by atoms with E-state index >= 15 is 0 Å². The minimum Gasteiger partial charge on any atom is -0.505 e. The van der Waals surface area contributed by atoms with Crippen LogP contribution in [0.1, 0.15) is 11.1 Å². The summed E-state index contributed by atoms with van der Waals surface area (Å²) in [5, 5.41) is 54.8. The zero-order valence-electron chi connectivity index (χ0n) is 37.3. The Labute approximate surface area is 408 Å². The molecule has 8 rings (SSSR count). The average Bonchev–Trinajstić information content (AvgIpc) is 3.30. The van der Waals surface area contributed by atoms with Gasteiger partial charge in [-0.25, -0.2) is 0 Å². The molecule has 0 saturated carbocycles. The Bertz CT molecular complexity index is 4080. The molecule has 366 valence electrons. The Morgan fingerprint density at radius 2 is 0.792 bits per heavy atom. The number of hydrogen-bond acceptors (Lipinski definition) is 20. The molecule has 8 aromatic rings. The fraction of sp³-hybridized carbons (Fsp3) is 0.0435. The molecule has 0 amide bonds. The highest BCUT2D eigenvalue weighted by atomic mass is 32.2. The second-order valence-corrected chi connectivity index (χ2v) is 20.1. The van der Waals surface area contributed by atoms with Gasteiger partial charge in [-0.2, -0.15) is 40.6 Å². The second-order valence-electron chi connectivity index (χ2n) is 16.0. The average molecular weight is 1030 g/mol. The van der Waals surface area contributed by atoms with Crippen molar-refractivity contribution >= 4 is 120 Å². The molecule has 72 heavy (non-hydrogen) atoms. The fourth-order valence-corrected chi connectivity index (χ4v) is 9.23. The van der Waals surface area contributed by atoms with Crippen molar-refractivity contribution in [2.24, 2.45) is 40.9 Å². The SMILES string of the molecule is Cc1cc(-c2ccc(N=Nc3c(S(=O)(=O)O)cc4ccc(N=Nc5c(S(=O)(=O)O)cc6cc(S(=O)(=O)O)c(N=Nc7ccc(N)cc7N)cc6c5O)cc4c3O)c(C)c2)ccc1N=Nc1ccc(N)cc1N. The van der Waals surface area contributed by atoms with Crippen molar-refractivity contribution in [2.45, 2.75) is 28.5 Å². The lowest BCUT2D eigenvalue weighted by atomic mass is 10.0. The zero-order chi connectivity index (χ0) is 52.0. The Morgan fingerprint density at radius 1 is 0.389 bits per heavy atom. The number of phenols is 2. The van der Waals surface area contributed by atoms with Gasteiger partial charge in [0.2, 0.25) is 0 Å². The molecule has 0 aromatic heterocycles. The molecule has 26 heteroatoms. The van der Waals surface area contributed by atoms with Crippen LogP contribution in [-0.4, -0.2) is 49.1 Å². The molecule has 0 aliphatic heterocycles. The normalized spacial score (nSPS) is 12.7. The van der Waals surface area contributed by atoms with Crippen LogP contribution in [0.4, 0.5) is 68.2 Å². The van der Waals surface area contributed by atoms with E-state index in [9.17, 15) is 49.1 Å². The molecule has 0 spiro atoms. The lowest BCUT2D eigenvalue weighted by Crippen LogP contribution is -2.01. The summed E-state index contributed by atoms with van der Waals surface area (Å²) in [5.41, 5.74) is 26.9. The Hall–Kier alpha value is -8.79. The number of phenolic OH excluding ortho intramolecular Hbond substituents is 2. The number of aryl methyl sites for hydroxylation is 2. The van der Waals surface area contributed by atoms with E-state index in [1.807, 2.05) is 25.1 Å². The van der Waals surface area contributed by atoms with E-state index in [0.29, 0.717) is 34.0 Å². The highest BCUT2D eigenvalue weighted by Crippen LogP contribution is 2.46. The molecule has 23 nitrogen and oxygen atoms in total. The predicted molar refractivity (Wildman–Crippen MR) is 269 cm³/mol. The van der Waals surface area contributed by atoms with E-state index in [1.165, 1.54) is 36.4 Å². The minimum absolute atomic E-state index is 0.0517. The highest BCUT2D eigenvalue weighted by molar-refractivity contribution is 7.86. The summed E-state index contributed by atoms with van der Waals surface area (Å²) in [7, 11) is -15.3. The second kappa shape index (κ2) is 18.8. The summed E-state index contributed by atoms with van der Waals surface area (Å²) in [6.07, 6.45) is 0. The topological polar surface area (TPSA) is 407 Å². The standard InChI is InChI=1S/C46H38N12O11S3/c1-22-13-24(4-9-35(22)52-54-37-11-6-28(47)18-33(37)49)25-5-10-36(23(2)14-25)53-58-44-41(71(64,65)66)15-26-3-8-30(20-31(26)45(44)59)51-57-43-42(72(67,68)69)17-27-16-40(70(61,62)63)39(21-32(27)46(43)60)56-55-38-12-7-29(48)19-34(38)50/h3-21,59-60H,47-50H2,1-2H3,(H,61,62,63)(H,64,65,66)(H,67,68,69). The van der Waals surface area contributed by atoms with Crippen molar-refractivity contribution in [3.8, 4) is 22.6 Å². The monoisotopic (exact) mass is 1030 g/mol. The fourth-order valence-electron chi connectivity index (χ4n) is 7.27. The number of hydrogen-bond donors (Lipinski definition) is 9. The van der Waals surface area contributed by atoms with Gasteiger partial charge in [0.15, 0.2) is 11.5 Å². The molecule has 0 saturated heterocycles. The van der Waals surface area contributed by atoms with E-state index < -0.39 is 73.6 Å². The zero-order valence-corrected chi connectivity index (χ0v) is 39.7. The van der Waals surface area contributed by atoms with Crippen LogP contribution in [0.2, 0.25) is 0 Å². The summed E-state index contributed by atoms with van der Waals surface area (Å²) in [6.45, 7) is 3.60. The number of azo groups is 4.